The minimum absolute atomic E-state index is 0.100. The summed E-state index contributed by atoms with van der Waals surface area (Å²) in [6, 6.07) is 16.2. The van der Waals surface area contributed by atoms with Crippen molar-refractivity contribution in [1.29, 1.82) is 0 Å². The minimum atomic E-state index is -2.65. The standard InChI is InChI=1S/C35H40F4N2O2/c1-23-16-25-17-26(42-22-24-6-3-2-4-7-24)9-10-29(25)34(41(23)21-32(38)39)33-30(36)18-28(19-31(33)37)43-27-8-5-11-35(20-27)12-14-40-15-13-35/h2-4,6-7,9-10,17-19,23,27,32,34,40H,5,8,11-16,20-22H2,1H3/t23-,27?,34?/m1/s1. The molecule has 1 spiro atoms. The van der Waals surface area contributed by atoms with Gasteiger partial charge in [-0.05, 0) is 99.2 Å². The van der Waals surface area contributed by atoms with Crippen LogP contribution in [-0.2, 0) is 13.0 Å². The second-order valence-electron chi connectivity index (χ2n) is 12.6. The van der Waals surface area contributed by atoms with Crippen LogP contribution in [0.25, 0.3) is 0 Å². The summed E-state index contributed by atoms with van der Waals surface area (Å²) in [4.78, 5) is 1.52. The maximum Gasteiger partial charge on any atom is 0.251 e. The molecular weight excluding hydrogens is 556 g/mol. The summed E-state index contributed by atoms with van der Waals surface area (Å²) in [5, 5.41) is 3.42. The van der Waals surface area contributed by atoms with E-state index < -0.39 is 30.6 Å². The summed E-state index contributed by atoms with van der Waals surface area (Å²) in [5.41, 5.74) is 2.46. The number of fused-ring (bicyclic) bond motifs is 1. The lowest BCUT2D eigenvalue weighted by atomic mass is 9.67. The average molecular weight is 597 g/mol. The molecule has 1 N–H and O–H groups in total. The van der Waals surface area contributed by atoms with E-state index in [1.807, 2.05) is 43.3 Å². The quantitative estimate of drug-likeness (QED) is 0.269. The Bertz CT molecular complexity index is 1370. The fraction of sp³-hybridized carbons (Fsp3) is 0.486. The normalized spacial score (nSPS) is 23.7. The molecule has 3 atom stereocenters. The number of hydrogen-bond acceptors (Lipinski definition) is 4. The summed E-state index contributed by atoms with van der Waals surface area (Å²) in [6.07, 6.45) is 3.82. The van der Waals surface area contributed by atoms with Crippen molar-refractivity contribution in [2.24, 2.45) is 5.41 Å². The first kappa shape index (κ1) is 29.9. The third-order valence-corrected chi connectivity index (χ3v) is 9.61. The lowest BCUT2D eigenvalue weighted by Crippen LogP contribution is -2.45. The molecule has 6 rings (SSSR count). The van der Waals surface area contributed by atoms with Crippen LogP contribution in [0, 0.1) is 17.0 Å². The molecule has 4 nitrogen and oxygen atoms in total. The van der Waals surface area contributed by atoms with Gasteiger partial charge < -0.3 is 14.8 Å². The Morgan fingerprint density at radius 2 is 1.70 bits per heavy atom. The van der Waals surface area contributed by atoms with E-state index in [4.69, 9.17) is 9.47 Å². The molecule has 1 saturated carbocycles. The van der Waals surface area contributed by atoms with Crippen molar-refractivity contribution >= 4 is 0 Å². The number of ether oxygens (including phenoxy) is 2. The molecule has 0 amide bonds. The van der Waals surface area contributed by atoms with Gasteiger partial charge in [0.05, 0.1) is 18.7 Å². The van der Waals surface area contributed by atoms with E-state index in [2.05, 4.69) is 5.32 Å². The van der Waals surface area contributed by atoms with Crippen LogP contribution >= 0.6 is 0 Å². The largest absolute Gasteiger partial charge is 0.490 e. The molecule has 3 aliphatic rings. The van der Waals surface area contributed by atoms with E-state index in [-0.39, 0.29) is 28.9 Å². The second kappa shape index (κ2) is 12.9. The van der Waals surface area contributed by atoms with Gasteiger partial charge in [-0.25, -0.2) is 17.6 Å². The molecule has 2 fully saturated rings. The number of nitrogens with one attached hydrogen (secondary N) is 1. The first-order valence-corrected chi connectivity index (χ1v) is 15.5. The molecule has 0 radical (unpaired) electrons. The monoisotopic (exact) mass is 596 g/mol. The van der Waals surface area contributed by atoms with E-state index in [1.54, 1.807) is 12.1 Å². The molecule has 2 aliphatic heterocycles. The highest BCUT2D eigenvalue weighted by Gasteiger charge is 2.40. The predicted molar refractivity (Wildman–Crippen MR) is 159 cm³/mol. The molecule has 0 bridgehead atoms. The lowest BCUT2D eigenvalue weighted by Gasteiger charge is -2.44. The lowest BCUT2D eigenvalue weighted by molar-refractivity contribution is 0.0401. The Balaban J connectivity index is 1.27. The van der Waals surface area contributed by atoms with Gasteiger partial charge in [0.15, 0.2) is 0 Å². The van der Waals surface area contributed by atoms with Crippen LogP contribution in [0.4, 0.5) is 17.6 Å². The average Bonchev–Trinajstić information content (AvgIpc) is 2.98. The Morgan fingerprint density at radius 3 is 2.42 bits per heavy atom. The first-order chi connectivity index (χ1) is 20.8. The fourth-order valence-electron chi connectivity index (χ4n) is 7.48. The minimum Gasteiger partial charge on any atom is -0.490 e. The molecule has 2 heterocycles. The van der Waals surface area contributed by atoms with Gasteiger partial charge in [-0.3, -0.25) is 4.90 Å². The highest BCUT2D eigenvalue weighted by Crippen LogP contribution is 2.45. The van der Waals surface area contributed by atoms with Gasteiger partial charge in [-0.1, -0.05) is 36.4 Å². The summed E-state index contributed by atoms with van der Waals surface area (Å²) in [7, 11) is 0. The van der Waals surface area contributed by atoms with Crippen LogP contribution in [-0.4, -0.2) is 43.1 Å². The zero-order valence-corrected chi connectivity index (χ0v) is 24.6. The number of rotatable bonds is 8. The van der Waals surface area contributed by atoms with Crippen LogP contribution < -0.4 is 14.8 Å². The Labute approximate surface area is 251 Å². The molecule has 1 saturated heterocycles. The van der Waals surface area contributed by atoms with E-state index in [9.17, 15) is 8.78 Å². The molecule has 43 heavy (non-hydrogen) atoms. The smallest absolute Gasteiger partial charge is 0.251 e. The number of benzene rings is 3. The third kappa shape index (κ3) is 6.70. The maximum absolute atomic E-state index is 16.0. The number of nitrogens with zero attached hydrogens (tertiary/aromatic N) is 1. The van der Waals surface area contributed by atoms with Crippen LogP contribution in [0.5, 0.6) is 11.5 Å². The molecule has 3 aromatic rings. The molecule has 8 heteroatoms. The summed E-state index contributed by atoms with van der Waals surface area (Å²) < 4.78 is 71.7. The Kier molecular flexibility index (Phi) is 8.96. The van der Waals surface area contributed by atoms with Gasteiger partial charge in [-0.15, -0.1) is 0 Å². The molecule has 3 aromatic carbocycles. The molecule has 230 valence electrons. The highest BCUT2D eigenvalue weighted by molar-refractivity contribution is 5.46. The number of hydrogen-bond donors (Lipinski definition) is 1. The maximum atomic E-state index is 16.0. The van der Waals surface area contributed by atoms with Crippen molar-refractivity contribution < 1.29 is 27.0 Å². The van der Waals surface area contributed by atoms with Gasteiger partial charge in [0, 0.05) is 23.7 Å². The van der Waals surface area contributed by atoms with Crippen LogP contribution in [0.2, 0.25) is 0 Å². The first-order valence-electron chi connectivity index (χ1n) is 15.5. The summed E-state index contributed by atoms with van der Waals surface area (Å²) in [5.74, 6) is -0.782. The summed E-state index contributed by atoms with van der Waals surface area (Å²) >= 11 is 0. The fourth-order valence-corrected chi connectivity index (χ4v) is 7.48. The van der Waals surface area contributed by atoms with Gasteiger partial charge in [0.1, 0.15) is 29.7 Å². The SMILES string of the molecule is C[C@@H]1Cc2cc(OCc3ccccc3)ccc2C(c2c(F)cc(OC3CCCC4(CCNCC4)C3)cc2F)N1CC(F)F. The van der Waals surface area contributed by atoms with Crippen molar-refractivity contribution in [1.82, 2.24) is 10.2 Å². The zero-order valence-electron chi connectivity index (χ0n) is 24.6. The van der Waals surface area contributed by atoms with Gasteiger partial charge in [0.2, 0.25) is 0 Å². The van der Waals surface area contributed by atoms with Crippen molar-refractivity contribution in [3.8, 4) is 11.5 Å². The molecule has 2 unspecified atom stereocenters. The highest BCUT2D eigenvalue weighted by atomic mass is 19.3. The van der Waals surface area contributed by atoms with E-state index in [1.165, 1.54) is 17.0 Å². The number of halogens is 4. The van der Waals surface area contributed by atoms with Crippen molar-refractivity contribution in [2.45, 2.75) is 83.1 Å². The topological polar surface area (TPSA) is 33.7 Å². The van der Waals surface area contributed by atoms with Gasteiger partial charge >= 0.3 is 0 Å². The van der Waals surface area contributed by atoms with Gasteiger partial charge in [0.25, 0.3) is 6.43 Å². The molecule has 1 aliphatic carbocycles. The van der Waals surface area contributed by atoms with Crippen LogP contribution in [0.1, 0.15) is 73.7 Å². The van der Waals surface area contributed by atoms with Crippen LogP contribution in [0.3, 0.4) is 0 Å². The number of piperidine rings is 1. The predicted octanol–water partition coefficient (Wildman–Crippen LogP) is 7.84. The Morgan fingerprint density at radius 1 is 0.953 bits per heavy atom. The van der Waals surface area contributed by atoms with E-state index in [0.29, 0.717) is 24.3 Å². The molecule has 0 aromatic heterocycles. The number of alkyl halides is 2. The summed E-state index contributed by atoms with van der Waals surface area (Å²) in [6.45, 7) is 3.58. The van der Waals surface area contributed by atoms with E-state index in [0.717, 1.165) is 62.7 Å². The van der Waals surface area contributed by atoms with Gasteiger partial charge in [-0.2, -0.15) is 0 Å². The Hall–Kier alpha value is -3.10. The van der Waals surface area contributed by atoms with Crippen molar-refractivity contribution in [3.05, 3.63) is 94.6 Å². The second-order valence-corrected chi connectivity index (χ2v) is 12.6. The zero-order chi connectivity index (χ0) is 30.0. The third-order valence-electron chi connectivity index (χ3n) is 9.61. The van der Waals surface area contributed by atoms with Crippen molar-refractivity contribution in [2.75, 3.05) is 19.6 Å². The van der Waals surface area contributed by atoms with Crippen LogP contribution in [0.15, 0.2) is 60.7 Å². The van der Waals surface area contributed by atoms with E-state index >= 15 is 8.78 Å². The van der Waals surface area contributed by atoms with Crippen molar-refractivity contribution in [3.63, 3.8) is 0 Å². The molecular formula is C35H40F4N2O2.